The third-order valence-electron chi connectivity index (χ3n) is 4.21. The van der Waals surface area contributed by atoms with E-state index in [0.29, 0.717) is 6.54 Å². The molecule has 2 aromatic heterocycles. The van der Waals surface area contributed by atoms with Gasteiger partial charge in [0.2, 0.25) is 0 Å². The molecule has 0 radical (unpaired) electrons. The third-order valence-corrected chi connectivity index (χ3v) is 4.21. The molecule has 4 heteroatoms. The van der Waals surface area contributed by atoms with Gasteiger partial charge in [-0.05, 0) is 25.0 Å². The van der Waals surface area contributed by atoms with Crippen molar-refractivity contribution in [3.8, 4) is 0 Å². The van der Waals surface area contributed by atoms with Gasteiger partial charge in [0.15, 0.2) is 5.65 Å². The van der Waals surface area contributed by atoms with Gasteiger partial charge < -0.3 is 10.7 Å². The quantitative estimate of drug-likeness (QED) is 0.798. The van der Waals surface area contributed by atoms with Gasteiger partial charge in [-0.3, -0.25) is 0 Å². The van der Waals surface area contributed by atoms with Crippen molar-refractivity contribution in [1.29, 1.82) is 0 Å². The molecule has 0 aromatic carbocycles. The maximum absolute atomic E-state index is 6.08. The highest BCUT2D eigenvalue weighted by Gasteiger charge is 2.34. The summed E-state index contributed by atoms with van der Waals surface area (Å²) in [6, 6.07) is 3.96. The Kier molecular flexibility index (Phi) is 3.04. The molecule has 0 amide bonds. The van der Waals surface area contributed by atoms with Gasteiger partial charge in [0.05, 0.1) is 5.52 Å². The number of H-pyrrole nitrogens is 1. The van der Waals surface area contributed by atoms with Crippen molar-refractivity contribution in [3.63, 3.8) is 0 Å². The van der Waals surface area contributed by atoms with Gasteiger partial charge in [0, 0.05) is 18.2 Å². The van der Waals surface area contributed by atoms with Crippen LogP contribution in [0.2, 0.25) is 0 Å². The zero-order valence-corrected chi connectivity index (χ0v) is 10.7. The molecule has 0 bridgehead atoms. The molecule has 1 aliphatic carbocycles. The second-order valence-corrected chi connectivity index (χ2v) is 5.36. The average Bonchev–Trinajstić information content (AvgIpc) is 2.70. The first kappa shape index (κ1) is 11.7. The minimum Gasteiger partial charge on any atom is -0.340 e. The summed E-state index contributed by atoms with van der Waals surface area (Å²) < 4.78 is 0. The summed E-state index contributed by atoms with van der Waals surface area (Å²) in [5.74, 6) is 1.04. The Balaban J connectivity index is 2.03. The van der Waals surface area contributed by atoms with Crippen LogP contribution in [0.25, 0.3) is 11.2 Å². The molecule has 0 saturated heterocycles. The molecule has 96 valence electrons. The standard InChI is InChI=1S/C14H20N4/c15-10-14(7-3-1-2-4-8-14)13-17-11-6-5-9-16-12(11)18-13/h5-6,9H,1-4,7-8,10,15H2,(H,16,17,18). The van der Waals surface area contributed by atoms with Crippen molar-refractivity contribution in [2.45, 2.75) is 43.9 Å². The van der Waals surface area contributed by atoms with Crippen molar-refractivity contribution in [2.75, 3.05) is 6.54 Å². The molecule has 1 fully saturated rings. The molecule has 2 heterocycles. The van der Waals surface area contributed by atoms with Crippen LogP contribution in [0.4, 0.5) is 0 Å². The van der Waals surface area contributed by atoms with E-state index in [1.807, 2.05) is 12.1 Å². The summed E-state index contributed by atoms with van der Waals surface area (Å²) in [6.07, 6.45) is 9.21. The molecule has 0 spiro atoms. The minimum absolute atomic E-state index is 0.0389. The average molecular weight is 244 g/mol. The monoisotopic (exact) mass is 244 g/mol. The summed E-state index contributed by atoms with van der Waals surface area (Å²) in [7, 11) is 0. The van der Waals surface area contributed by atoms with Gasteiger partial charge in [-0.2, -0.15) is 0 Å². The number of hydrogen-bond acceptors (Lipinski definition) is 3. The molecule has 0 unspecified atom stereocenters. The number of fused-ring (bicyclic) bond motifs is 1. The number of imidazole rings is 1. The lowest BCUT2D eigenvalue weighted by Gasteiger charge is -2.28. The number of pyridine rings is 1. The van der Waals surface area contributed by atoms with Crippen LogP contribution in [0.1, 0.15) is 44.3 Å². The number of aromatic nitrogens is 3. The Bertz CT molecular complexity index is 490. The highest BCUT2D eigenvalue weighted by atomic mass is 15.0. The first-order valence-electron chi connectivity index (χ1n) is 6.85. The Morgan fingerprint density at radius 3 is 2.67 bits per heavy atom. The normalized spacial score (nSPS) is 19.8. The maximum Gasteiger partial charge on any atom is 0.177 e. The fourth-order valence-corrected chi connectivity index (χ4v) is 3.04. The summed E-state index contributed by atoms with van der Waals surface area (Å²) in [6.45, 7) is 0.673. The Labute approximate surface area is 107 Å². The molecule has 3 N–H and O–H groups in total. The first-order valence-corrected chi connectivity index (χ1v) is 6.85. The van der Waals surface area contributed by atoms with Crippen molar-refractivity contribution >= 4 is 11.2 Å². The highest BCUT2D eigenvalue weighted by molar-refractivity contribution is 5.70. The molecule has 4 nitrogen and oxygen atoms in total. The maximum atomic E-state index is 6.08. The van der Waals surface area contributed by atoms with Crippen LogP contribution in [-0.2, 0) is 5.41 Å². The van der Waals surface area contributed by atoms with Gasteiger partial charge in [-0.1, -0.05) is 25.7 Å². The van der Waals surface area contributed by atoms with E-state index in [1.54, 1.807) is 6.20 Å². The number of hydrogen-bond donors (Lipinski definition) is 2. The van der Waals surface area contributed by atoms with E-state index in [2.05, 4.69) is 15.0 Å². The summed E-state index contributed by atoms with van der Waals surface area (Å²) >= 11 is 0. The van der Waals surface area contributed by atoms with Crippen molar-refractivity contribution < 1.29 is 0 Å². The molecule has 0 atom stereocenters. The zero-order chi connectivity index (χ0) is 12.4. The largest absolute Gasteiger partial charge is 0.340 e. The summed E-state index contributed by atoms with van der Waals surface area (Å²) in [5, 5.41) is 0. The van der Waals surface area contributed by atoms with Crippen molar-refractivity contribution in [2.24, 2.45) is 5.73 Å². The SMILES string of the molecule is NCC1(c2nc3ncccc3[nH]2)CCCCCC1. The molecule has 18 heavy (non-hydrogen) atoms. The lowest BCUT2D eigenvalue weighted by atomic mass is 9.79. The Morgan fingerprint density at radius 2 is 2.00 bits per heavy atom. The third kappa shape index (κ3) is 1.90. The van der Waals surface area contributed by atoms with Gasteiger partial charge in [-0.15, -0.1) is 0 Å². The fourth-order valence-electron chi connectivity index (χ4n) is 3.04. The molecule has 3 rings (SSSR count). The van der Waals surface area contributed by atoms with Crippen LogP contribution < -0.4 is 5.73 Å². The van der Waals surface area contributed by atoms with Gasteiger partial charge in [0.1, 0.15) is 5.82 Å². The van der Waals surface area contributed by atoms with E-state index in [4.69, 9.17) is 5.73 Å². The second kappa shape index (κ2) is 4.69. The highest BCUT2D eigenvalue weighted by Crippen LogP contribution is 2.36. The van der Waals surface area contributed by atoms with Crippen molar-refractivity contribution in [1.82, 2.24) is 15.0 Å². The van der Waals surface area contributed by atoms with Crippen LogP contribution in [0.15, 0.2) is 18.3 Å². The van der Waals surface area contributed by atoms with Crippen LogP contribution in [0.3, 0.4) is 0 Å². The summed E-state index contributed by atoms with van der Waals surface area (Å²) in [4.78, 5) is 12.4. The molecular weight excluding hydrogens is 224 g/mol. The molecule has 1 aliphatic rings. The number of aromatic amines is 1. The molecular formula is C14H20N4. The van der Waals surface area contributed by atoms with Crippen molar-refractivity contribution in [3.05, 3.63) is 24.2 Å². The zero-order valence-electron chi connectivity index (χ0n) is 10.7. The van der Waals surface area contributed by atoms with E-state index >= 15 is 0 Å². The lowest BCUT2D eigenvalue weighted by Crippen LogP contribution is -2.35. The minimum atomic E-state index is 0.0389. The number of rotatable bonds is 2. The van der Waals surface area contributed by atoms with E-state index in [9.17, 15) is 0 Å². The predicted molar refractivity (Wildman–Crippen MR) is 72.3 cm³/mol. The molecule has 0 aliphatic heterocycles. The Morgan fingerprint density at radius 1 is 1.22 bits per heavy atom. The van der Waals surface area contributed by atoms with Crippen LogP contribution in [-0.4, -0.2) is 21.5 Å². The van der Waals surface area contributed by atoms with Crippen LogP contribution in [0, 0.1) is 0 Å². The van der Waals surface area contributed by atoms with Gasteiger partial charge in [-0.25, -0.2) is 9.97 Å². The molecule has 2 aromatic rings. The fraction of sp³-hybridized carbons (Fsp3) is 0.571. The van der Waals surface area contributed by atoms with Gasteiger partial charge >= 0.3 is 0 Å². The molecule has 1 saturated carbocycles. The first-order chi connectivity index (χ1) is 8.84. The van der Waals surface area contributed by atoms with Crippen LogP contribution >= 0.6 is 0 Å². The van der Waals surface area contributed by atoms with E-state index in [-0.39, 0.29) is 5.41 Å². The number of nitrogens with one attached hydrogen (secondary N) is 1. The van der Waals surface area contributed by atoms with Crippen LogP contribution in [0.5, 0.6) is 0 Å². The van der Waals surface area contributed by atoms with E-state index in [1.165, 1.54) is 25.7 Å². The second-order valence-electron chi connectivity index (χ2n) is 5.36. The Hall–Kier alpha value is -1.42. The van der Waals surface area contributed by atoms with Gasteiger partial charge in [0.25, 0.3) is 0 Å². The predicted octanol–water partition coefficient (Wildman–Crippen LogP) is 2.51. The van der Waals surface area contributed by atoms with E-state index in [0.717, 1.165) is 29.8 Å². The topological polar surface area (TPSA) is 67.6 Å². The summed E-state index contributed by atoms with van der Waals surface area (Å²) in [5.41, 5.74) is 7.95. The number of nitrogens with two attached hydrogens (primary N) is 1. The van der Waals surface area contributed by atoms with E-state index < -0.39 is 0 Å². The lowest BCUT2D eigenvalue weighted by molar-refractivity contribution is 0.362. The smallest absolute Gasteiger partial charge is 0.177 e. The number of nitrogens with zero attached hydrogens (tertiary/aromatic N) is 2.